The molecule has 0 N–H and O–H groups in total. The number of hydrogen-bond acceptors (Lipinski definition) is 7. The lowest BCUT2D eigenvalue weighted by Crippen LogP contribution is -2.38. The van der Waals surface area contributed by atoms with Gasteiger partial charge in [0.15, 0.2) is 6.04 Å². The summed E-state index contributed by atoms with van der Waals surface area (Å²) in [4.78, 5) is 27.2. The van der Waals surface area contributed by atoms with Crippen LogP contribution >= 0.6 is 0 Å². The van der Waals surface area contributed by atoms with Gasteiger partial charge in [-0.3, -0.25) is 4.90 Å². The number of rotatable bonds is 7. The first-order chi connectivity index (χ1) is 14.5. The molecule has 2 aromatic rings. The van der Waals surface area contributed by atoms with E-state index in [1.165, 1.54) is 11.9 Å². The number of methoxy groups -OCH3 is 1. The Morgan fingerprint density at radius 2 is 2.00 bits per heavy atom. The fourth-order valence-corrected chi connectivity index (χ4v) is 3.01. The number of hydrogen-bond donors (Lipinski definition) is 0. The molecule has 1 aromatic carbocycles. The van der Waals surface area contributed by atoms with Crippen molar-refractivity contribution in [3.05, 3.63) is 54.5 Å². The monoisotopic (exact) mass is 411 g/mol. The molecule has 2 heterocycles. The second-order valence-electron chi connectivity index (χ2n) is 6.87. The topological polar surface area (TPSA) is 99.4 Å². The van der Waals surface area contributed by atoms with E-state index < -0.39 is 18.1 Å². The molecule has 9 nitrogen and oxygen atoms in total. The van der Waals surface area contributed by atoms with Crippen LogP contribution in [0.4, 0.5) is 4.79 Å². The van der Waals surface area contributed by atoms with Crippen molar-refractivity contribution >= 4 is 17.6 Å². The first-order valence-electron chi connectivity index (χ1n) is 9.86. The summed E-state index contributed by atoms with van der Waals surface area (Å²) in [5.41, 5.74) is 0.725. The standard InChI is InChI=1S/C21H25N5O4/c1-4-5-9-17-14-16(19-22-24-26(23-19)15(2)20(27)29-3)12-13-25(17)21(28)30-18-10-7-6-8-11-18/h6-8,10-15,17H,4-5,9H2,1-3H3. The summed E-state index contributed by atoms with van der Waals surface area (Å²) in [6, 6.07) is 8.07. The maximum absolute atomic E-state index is 12.7. The van der Waals surface area contributed by atoms with Gasteiger partial charge in [-0.15, -0.1) is 15.0 Å². The molecule has 2 unspecified atom stereocenters. The number of amides is 1. The molecule has 0 fully saturated rings. The van der Waals surface area contributed by atoms with Crippen molar-refractivity contribution in [3.63, 3.8) is 0 Å². The third kappa shape index (κ3) is 4.91. The number of allylic oxidation sites excluding steroid dienone is 2. The number of esters is 1. The molecule has 30 heavy (non-hydrogen) atoms. The summed E-state index contributed by atoms with van der Waals surface area (Å²) < 4.78 is 10.2. The third-order valence-corrected chi connectivity index (χ3v) is 4.73. The van der Waals surface area contributed by atoms with Crippen LogP contribution in [0.3, 0.4) is 0 Å². The van der Waals surface area contributed by atoms with Crippen molar-refractivity contribution in [2.45, 2.75) is 45.2 Å². The van der Waals surface area contributed by atoms with Gasteiger partial charge in [-0.05, 0) is 36.8 Å². The molecule has 0 bridgehead atoms. The summed E-state index contributed by atoms with van der Waals surface area (Å²) >= 11 is 0. The summed E-state index contributed by atoms with van der Waals surface area (Å²) in [6.07, 6.45) is 7.58. The Morgan fingerprint density at radius 1 is 1.23 bits per heavy atom. The minimum atomic E-state index is -0.683. The first-order valence-corrected chi connectivity index (χ1v) is 9.86. The summed E-state index contributed by atoms with van der Waals surface area (Å²) in [5.74, 6) is 0.406. The highest BCUT2D eigenvalue weighted by Crippen LogP contribution is 2.25. The van der Waals surface area contributed by atoms with Crippen LogP contribution in [0.15, 0.2) is 48.7 Å². The van der Waals surface area contributed by atoms with Crippen LogP contribution < -0.4 is 4.74 Å². The molecule has 3 rings (SSSR count). The smallest absolute Gasteiger partial charge is 0.419 e. The van der Waals surface area contributed by atoms with Crippen LogP contribution in [0.2, 0.25) is 0 Å². The van der Waals surface area contributed by atoms with Gasteiger partial charge >= 0.3 is 12.1 Å². The summed E-state index contributed by atoms with van der Waals surface area (Å²) in [5, 5.41) is 12.3. The lowest BCUT2D eigenvalue weighted by atomic mass is 10.0. The molecule has 158 valence electrons. The van der Waals surface area contributed by atoms with Crippen LogP contribution in [-0.4, -0.2) is 50.3 Å². The molecular weight excluding hydrogens is 386 g/mol. The first kappa shape index (κ1) is 21.2. The molecule has 1 amide bonds. The number of tetrazole rings is 1. The van der Waals surface area contributed by atoms with Crippen molar-refractivity contribution in [2.24, 2.45) is 0 Å². The molecule has 0 radical (unpaired) electrons. The Kier molecular flexibility index (Phi) is 6.95. The highest BCUT2D eigenvalue weighted by atomic mass is 16.6. The van der Waals surface area contributed by atoms with E-state index in [4.69, 9.17) is 9.47 Å². The molecule has 0 spiro atoms. The van der Waals surface area contributed by atoms with Crippen molar-refractivity contribution < 1.29 is 19.1 Å². The Labute approximate surface area is 175 Å². The number of ether oxygens (including phenoxy) is 2. The average molecular weight is 411 g/mol. The summed E-state index contributed by atoms with van der Waals surface area (Å²) in [6.45, 7) is 3.73. The highest BCUT2D eigenvalue weighted by molar-refractivity contribution is 5.78. The number of nitrogens with zero attached hydrogens (tertiary/aromatic N) is 5. The van der Waals surface area contributed by atoms with E-state index >= 15 is 0 Å². The van der Waals surface area contributed by atoms with Crippen LogP contribution in [0.5, 0.6) is 5.75 Å². The van der Waals surface area contributed by atoms with E-state index in [0.29, 0.717) is 11.6 Å². The predicted octanol–water partition coefficient (Wildman–Crippen LogP) is 3.38. The van der Waals surface area contributed by atoms with Gasteiger partial charge in [-0.25, -0.2) is 9.59 Å². The van der Waals surface area contributed by atoms with Gasteiger partial charge in [-0.2, -0.15) is 0 Å². The molecule has 0 saturated heterocycles. The lowest BCUT2D eigenvalue weighted by molar-refractivity contribution is -0.144. The SMILES string of the molecule is CCCCC1C=C(c2nnn(C(C)C(=O)OC)n2)C=CN1C(=O)Oc1ccccc1. The maximum atomic E-state index is 12.7. The summed E-state index contributed by atoms with van der Waals surface area (Å²) in [7, 11) is 1.31. The van der Waals surface area contributed by atoms with E-state index in [-0.39, 0.29) is 6.04 Å². The third-order valence-electron chi connectivity index (χ3n) is 4.73. The van der Waals surface area contributed by atoms with E-state index in [2.05, 4.69) is 22.3 Å². The van der Waals surface area contributed by atoms with Gasteiger partial charge in [0.05, 0.1) is 13.2 Å². The second-order valence-corrected chi connectivity index (χ2v) is 6.87. The number of carbonyl (C=O) groups excluding carboxylic acids is 2. The van der Waals surface area contributed by atoms with E-state index in [0.717, 1.165) is 24.8 Å². The van der Waals surface area contributed by atoms with Crippen LogP contribution in [0.25, 0.3) is 5.57 Å². The van der Waals surface area contributed by atoms with Gasteiger partial charge in [0, 0.05) is 11.8 Å². The minimum absolute atomic E-state index is 0.203. The zero-order chi connectivity index (χ0) is 21.5. The number of para-hydroxylation sites is 1. The molecule has 0 aliphatic carbocycles. The normalized spacial score (nSPS) is 16.7. The number of unbranched alkanes of at least 4 members (excludes halogenated alkanes) is 1. The lowest BCUT2D eigenvalue weighted by Gasteiger charge is -2.29. The number of aromatic nitrogens is 4. The van der Waals surface area contributed by atoms with Gasteiger partial charge < -0.3 is 9.47 Å². The minimum Gasteiger partial charge on any atom is -0.467 e. The zero-order valence-corrected chi connectivity index (χ0v) is 17.3. The van der Waals surface area contributed by atoms with E-state index in [9.17, 15) is 9.59 Å². The Bertz CT molecular complexity index is 938. The van der Waals surface area contributed by atoms with Crippen molar-refractivity contribution in [1.29, 1.82) is 0 Å². The fourth-order valence-electron chi connectivity index (χ4n) is 3.01. The Balaban J connectivity index is 1.78. The van der Waals surface area contributed by atoms with E-state index in [1.807, 2.05) is 24.3 Å². The molecule has 2 atom stereocenters. The number of benzene rings is 1. The molecule has 1 aliphatic heterocycles. The number of carbonyl (C=O) groups is 2. The van der Waals surface area contributed by atoms with Crippen LogP contribution in [-0.2, 0) is 9.53 Å². The molecule has 1 aromatic heterocycles. The average Bonchev–Trinajstić information content (AvgIpc) is 3.27. The second kappa shape index (κ2) is 9.82. The van der Waals surface area contributed by atoms with Crippen LogP contribution in [0, 0.1) is 0 Å². The molecular formula is C21H25N5O4. The fraction of sp³-hybridized carbons (Fsp3) is 0.381. The van der Waals surface area contributed by atoms with Crippen molar-refractivity contribution in [1.82, 2.24) is 25.1 Å². The van der Waals surface area contributed by atoms with Gasteiger partial charge in [0.1, 0.15) is 5.75 Å². The van der Waals surface area contributed by atoms with Crippen molar-refractivity contribution in [3.8, 4) is 5.75 Å². The highest BCUT2D eigenvalue weighted by Gasteiger charge is 2.27. The van der Waals surface area contributed by atoms with Gasteiger partial charge in [0.2, 0.25) is 5.82 Å². The Hall–Kier alpha value is -3.49. The molecule has 1 aliphatic rings. The van der Waals surface area contributed by atoms with Crippen molar-refractivity contribution in [2.75, 3.05) is 7.11 Å². The predicted molar refractivity (Wildman–Crippen MR) is 109 cm³/mol. The maximum Gasteiger partial charge on any atom is 0.419 e. The van der Waals surface area contributed by atoms with E-state index in [1.54, 1.807) is 36.2 Å². The largest absolute Gasteiger partial charge is 0.467 e. The molecule has 9 heteroatoms. The van der Waals surface area contributed by atoms with Gasteiger partial charge in [-0.1, -0.05) is 44.0 Å². The zero-order valence-electron chi connectivity index (χ0n) is 17.3. The molecule has 0 saturated carbocycles. The van der Waals surface area contributed by atoms with Crippen LogP contribution in [0.1, 0.15) is 45.0 Å². The van der Waals surface area contributed by atoms with Gasteiger partial charge in [0.25, 0.3) is 0 Å². The Morgan fingerprint density at radius 3 is 2.70 bits per heavy atom. The quantitative estimate of drug-likeness (QED) is 0.644.